The average molecular weight is 458 g/mol. The van der Waals surface area contributed by atoms with Crippen LogP contribution >= 0.6 is 0 Å². The summed E-state index contributed by atoms with van der Waals surface area (Å²) < 4.78 is 11.3. The van der Waals surface area contributed by atoms with E-state index >= 15 is 0 Å². The number of piperidine rings is 1. The largest absolute Gasteiger partial charge is 0.483 e. The Kier molecular flexibility index (Phi) is 9.32. The van der Waals surface area contributed by atoms with Crippen LogP contribution in [0.2, 0.25) is 0 Å². The number of nitrogens with one attached hydrogen (secondary N) is 1. The van der Waals surface area contributed by atoms with Gasteiger partial charge in [0.25, 0.3) is 12.4 Å². The molecule has 2 saturated heterocycles. The molecule has 9 nitrogen and oxygen atoms in total. The summed E-state index contributed by atoms with van der Waals surface area (Å²) in [5.41, 5.74) is 0.607. The molecule has 9 heteroatoms. The van der Waals surface area contributed by atoms with Gasteiger partial charge in [0.1, 0.15) is 0 Å². The summed E-state index contributed by atoms with van der Waals surface area (Å²) in [5, 5.41) is 21.3. The van der Waals surface area contributed by atoms with E-state index in [1.807, 2.05) is 30.3 Å². The minimum absolute atomic E-state index is 0.164. The number of nitrogens with zero attached hydrogens (tertiary/aromatic N) is 2. The zero-order valence-corrected chi connectivity index (χ0v) is 18.5. The summed E-state index contributed by atoms with van der Waals surface area (Å²) in [6.45, 7) is 3.25. The SMILES string of the molecule is O=C(N[C@@]1(c2ccccc2)CCN(CCC2OCCCO2)C[C@H]1O)c1ccncc1.O=CO. The van der Waals surface area contributed by atoms with Crippen LogP contribution in [-0.4, -0.2) is 77.7 Å². The van der Waals surface area contributed by atoms with Gasteiger partial charge in [-0.05, 0) is 30.5 Å². The number of carbonyl (C=O) groups is 2. The van der Waals surface area contributed by atoms with Crippen molar-refractivity contribution in [1.82, 2.24) is 15.2 Å². The number of hydrogen-bond donors (Lipinski definition) is 3. The molecular weight excluding hydrogens is 426 g/mol. The average Bonchev–Trinajstić information content (AvgIpc) is 2.86. The van der Waals surface area contributed by atoms with Gasteiger partial charge in [-0.2, -0.15) is 0 Å². The van der Waals surface area contributed by atoms with Crippen LogP contribution in [0.25, 0.3) is 0 Å². The van der Waals surface area contributed by atoms with Crippen molar-refractivity contribution in [3.63, 3.8) is 0 Å². The van der Waals surface area contributed by atoms with Gasteiger partial charge >= 0.3 is 0 Å². The highest BCUT2D eigenvalue weighted by molar-refractivity contribution is 5.94. The molecule has 0 unspecified atom stereocenters. The Balaban J connectivity index is 0.000000968. The number of carboxylic acid groups (broad SMARTS) is 1. The third-order valence-corrected chi connectivity index (χ3v) is 5.97. The van der Waals surface area contributed by atoms with Gasteiger partial charge in [0.2, 0.25) is 0 Å². The number of aliphatic hydroxyl groups is 1. The van der Waals surface area contributed by atoms with Crippen LogP contribution in [0.15, 0.2) is 54.9 Å². The highest BCUT2D eigenvalue weighted by atomic mass is 16.7. The number of aliphatic hydroxyl groups excluding tert-OH is 1. The number of ether oxygens (including phenoxy) is 2. The number of amides is 1. The first-order chi connectivity index (χ1) is 16.1. The molecular formula is C24H31N3O6. The fraction of sp³-hybridized carbons (Fsp3) is 0.458. The van der Waals surface area contributed by atoms with Crippen molar-refractivity contribution in [2.45, 2.75) is 37.2 Å². The lowest BCUT2D eigenvalue weighted by Gasteiger charge is -2.46. The molecule has 0 aliphatic carbocycles. The van der Waals surface area contributed by atoms with Crippen LogP contribution < -0.4 is 5.32 Å². The summed E-state index contributed by atoms with van der Waals surface area (Å²) in [4.78, 5) is 27.5. The lowest BCUT2D eigenvalue weighted by molar-refractivity contribution is -0.183. The number of rotatable bonds is 6. The number of hydrogen-bond acceptors (Lipinski definition) is 7. The lowest BCUT2D eigenvalue weighted by atomic mass is 9.78. The summed E-state index contributed by atoms with van der Waals surface area (Å²) in [6, 6.07) is 13.1. The van der Waals surface area contributed by atoms with Gasteiger partial charge in [-0.1, -0.05) is 30.3 Å². The van der Waals surface area contributed by atoms with Gasteiger partial charge in [-0.3, -0.25) is 14.6 Å². The van der Waals surface area contributed by atoms with Crippen LogP contribution in [0.1, 0.15) is 35.2 Å². The van der Waals surface area contributed by atoms with Crippen molar-refractivity contribution in [1.29, 1.82) is 0 Å². The zero-order chi connectivity index (χ0) is 23.5. The first kappa shape index (κ1) is 24.8. The lowest BCUT2D eigenvalue weighted by Crippen LogP contribution is -2.62. The summed E-state index contributed by atoms with van der Waals surface area (Å²) in [6.07, 6.45) is 4.61. The molecule has 3 N–H and O–H groups in total. The molecule has 1 amide bonds. The molecule has 2 fully saturated rings. The Morgan fingerprint density at radius 3 is 2.48 bits per heavy atom. The molecule has 2 atom stereocenters. The highest BCUT2D eigenvalue weighted by Gasteiger charge is 2.45. The number of carbonyl (C=O) groups excluding carboxylic acids is 1. The van der Waals surface area contributed by atoms with Gasteiger partial charge < -0.3 is 29.9 Å². The fourth-order valence-corrected chi connectivity index (χ4v) is 4.26. The Morgan fingerprint density at radius 2 is 1.85 bits per heavy atom. The van der Waals surface area contributed by atoms with E-state index in [9.17, 15) is 9.90 Å². The third kappa shape index (κ3) is 6.58. The smallest absolute Gasteiger partial charge is 0.290 e. The maximum atomic E-state index is 13.0. The number of benzene rings is 1. The Hall–Kier alpha value is -2.85. The van der Waals surface area contributed by atoms with Gasteiger partial charge in [-0.25, -0.2) is 0 Å². The van der Waals surface area contributed by atoms with Gasteiger partial charge in [-0.15, -0.1) is 0 Å². The molecule has 3 heterocycles. The van der Waals surface area contributed by atoms with E-state index < -0.39 is 11.6 Å². The van der Waals surface area contributed by atoms with E-state index in [0.29, 0.717) is 18.5 Å². The topological polar surface area (TPSA) is 121 Å². The van der Waals surface area contributed by atoms with Gasteiger partial charge in [0.15, 0.2) is 6.29 Å². The minimum Gasteiger partial charge on any atom is -0.483 e. The number of pyridine rings is 1. The predicted molar refractivity (Wildman–Crippen MR) is 121 cm³/mol. The molecule has 0 radical (unpaired) electrons. The molecule has 33 heavy (non-hydrogen) atoms. The number of β-amino-alcohol motifs (C(OH)–C–C–N with tert-alkyl or cyclic N) is 1. The first-order valence-corrected chi connectivity index (χ1v) is 11.1. The molecule has 0 saturated carbocycles. The van der Waals surface area contributed by atoms with E-state index in [1.165, 1.54) is 0 Å². The molecule has 1 aromatic carbocycles. The molecule has 4 rings (SSSR count). The van der Waals surface area contributed by atoms with Crippen molar-refractivity contribution < 1.29 is 29.3 Å². The van der Waals surface area contributed by atoms with Crippen LogP contribution in [0.4, 0.5) is 0 Å². The quantitative estimate of drug-likeness (QED) is 0.560. The standard InChI is InChI=1S/C23H29N3O4.CH2O2/c27-20-17-26(13-9-21-29-15-4-16-30-21)14-10-23(20,19-5-2-1-3-6-19)25-22(28)18-7-11-24-12-8-18;2-1-3/h1-3,5-8,11-12,20-21,27H,4,9-10,13-17H2,(H,25,28);1H,(H,2,3)/t20-,23-;/m1./s1. The van der Waals surface area contributed by atoms with Crippen molar-refractivity contribution in [3.05, 3.63) is 66.0 Å². The van der Waals surface area contributed by atoms with E-state index in [0.717, 1.165) is 44.7 Å². The second kappa shape index (κ2) is 12.4. The monoisotopic (exact) mass is 457 g/mol. The van der Waals surface area contributed by atoms with Crippen LogP contribution in [0, 0.1) is 0 Å². The maximum Gasteiger partial charge on any atom is 0.290 e. The van der Waals surface area contributed by atoms with Crippen molar-refractivity contribution in [2.75, 3.05) is 32.8 Å². The first-order valence-electron chi connectivity index (χ1n) is 11.1. The van der Waals surface area contributed by atoms with E-state index in [2.05, 4.69) is 15.2 Å². The molecule has 2 aromatic rings. The maximum absolute atomic E-state index is 13.0. The second-order valence-corrected chi connectivity index (χ2v) is 8.01. The summed E-state index contributed by atoms with van der Waals surface area (Å²) in [7, 11) is 0. The fourth-order valence-electron chi connectivity index (χ4n) is 4.26. The number of aromatic nitrogens is 1. The molecule has 2 aliphatic heterocycles. The summed E-state index contributed by atoms with van der Waals surface area (Å²) >= 11 is 0. The summed E-state index contributed by atoms with van der Waals surface area (Å²) in [5.74, 6) is -0.210. The Morgan fingerprint density at radius 1 is 1.18 bits per heavy atom. The van der Waals surface area contributed by atoms with Crippen LogP contribution in [0.5, 0.6) is 0 Å². The Labute approximate surface area is 193 Å². The highest BCUT2D eigenvalue weighted by Crippen LogP contribution is 2.34. The predicted octanol–water partition coefficient (Wildman–Crippen LogP) is 1.63. The molecule has 1 aromatic heterocycles. The zero-order valence-electron chi connectivity index (χ0n) is 18.5. The van der Waals surface area contributed by atoms with E-state index in [1.54, 1.807) is 24.5 Å². The van der Waals surface area contributed by atoms with E-state index in [4.69, 9.17) is 19.4 Å². The van der Waals surface area contributed by atoms with Crippen LogP contribution in [0.3, 0.4) is 0 Å². The normalized spacial score (nSPS) is 23.7. The molecule has 0 spiro atoms. The van der Waals surface area contributed by atoms with E-state index in [-0.39, 0.29) is 18.7 Å². The molecule has 2 aliphatic rings. The Bertz CT molecular complexity index is 863. The van der Waals surface area contributed by atoms with Crippen molar-refractivity contribution >= 4 is 12.4 Å². The minimum atomic E-state index is -0.837. The van der Waals surface area contributed by atoms with Crippen molar-refractivity contribution in [3.8, 4) is 0 Å². The molecule has 178 valence electrons. The second-order valence-electron chi connectivity index (χ2n) is 8.01. The molecule has 0 bridgehead atoms. The van der Waals surface area contributed by atoms with Gasteiger partial charge in [0.05, 0.1) is 24.9 Å². The number of likely N-dealkylation sites (tertiary alicyclic amines) is 1. The van der Waals surface area contributed by atoms with Gasteiger partial charge in [0, 0.05) is 44.0 Å². The van der Waals surface area contributed by atoms with Crippen LogP contribution in [-0.2, 0) is 19.8 Å². The third-order valence-electron chi connectivity index (χ3n) is 5.97. The van der Waals surface area contributed by atoms with Crippen molar-refractivity contribution in [2.24, 2.45) is 0 Å².